The first-order chi connectivity index (χ1) is 14.5. The van der Waals surface area contributed by atoms with E-state index in [1.165, 1.54) is 11.8 Å². The molecule has 0 saturated carbocycles. The molecule has 1 N–H and O–H groups in total. The maximum atomic E-state index is 12.3. The minimum atomic E-state index is -0.438. The average Bonchev–Trinajstić information content (AvgIpc) is 3.33. The second-order valence-corrected chi connectivity index (χ2v) is 8.43. The van der Waals surface area contributed by atoms with Crippen molar-refractivity contribution in [2.24, 2.45) is 0 Å². The molecule has 1 aliphatic rings. The summed E-state index contributed by atoms with van der Waals surface area (Å²) in [5, 5.41) is 3.12. The summed E-state index contributed by atoms with van der Waals surface area (Å²) in [7, 11) is 0. The Hall–Kier alpha value is -2.87. The van der Waals surface area contributed by atoms with Gasteiger partial charge >= 0.3 is 5.97 Å². The van der Waals surface area contributed by atoms with Crippen LogP contribution in [0.4, 0.5) is 0 Å². The van der Waals surface area contributed by atoms with Crippen LogP contribution in [0.3, 0.4) is 0 Å². The number of benzene rings is 2. The van der Waals surface area contributed by atoms with Crippen LogP contribution in [0.15, 0.2) is 70.0 Å². The molecule has 0 aliphatic carbocycles. The molecule has 5 nitrogen and oxygen atoms in total. The highest BCUT2D eigenvalue weighted by atomic mass is 35.5. The van der Waals surface area contributed by atoms with Gasteiger partial charge in [0.05, 0.1) is 10.5 Å². The molecule has 0 radical (unpaired) electrons. The van der Waals surface area contributed by atoms with E-state index >= 15 is 0 Å². The Balaban J connectivity index is 1.42. The van der Waals surface area contributed by atoms with Gasteiger partial charge in [0, 0.05) is 22.2 Å². The van der Waals surface area contributed by atoms with Gasteiger partial charge in [0.15, 0.2) is 0 Å². The zero-order valence-electron chi connectivity index (χ0n) is 15.4. The van der Waals surface area contributed by atoms with E-state index in [-0.39, 0.29) is 12.5 Å². The molecule has 0 unspecified atom stereocenters. The van der Waals surface area contributed by atoms with Gasteiger partial charge in [-0.1, -0.05) is 65.9 Å². The predicted molar refractivity (Wildman–Crippen MR) is 121 cm³/mol. The van der Waals surface area contributed by atoms with E-state index in [4.69, 9.17) is 33.0 Å². The summed E-state index contributed by atoms with van der Waals surface area (Å²) < 4.78 is 11.5. The molecule has 0 atom stereocenters. The molecule has 3 aromatic rings. The van der Waals surface area contributed by atoms with Crippen LogP contribution in [0.5, 0.6) is 0 Å². The monoisotopic (exact) mass is 455 g/mol. The highest BCUT2D eigenvalue weighted by Crippen LogP contribution is 2.29. The largest absolute Gasteiger partial charge is 0.457 e. The first kappa shape index (κ1) is 20.4. The summed E-state index contributed by atoms with van der Waals surface area (Å²) in [5.41, 5.74) is 1.96. The van der Waals surface area contributed by atoms with E-state index < -0.39 is 5.97 Å². The number of furan rings is 1. The van der Waals surface area contributed by atoms with Gasteiger partial charge < -0.3 is 14.5 Å². The average molecular weight is 456 g/mol. The molecule has 150 valence electrons. The number of carbonyl (C=O) groups is 2. The van der Waals surface area contributed by atoms with E-state index in [2.05, 4.69) is 5.32 Å². The Bertz CT molecular complexity index is 1170. The van der Waals surface area contributed by atoms with Crippen LogP contribution >= 0.6 is 35.6 Å². The Morgan fingerprint density at radius 2 is 1.90 bits per heavy atom. The Morgan fingerprint density at radius 3 is 2.60 bits per heavy atom. The molecule has 1 amide bonds. The molecule has 2 aromatic carbocycles. The second-order valence-electron chi connectivity index (χ2n) is 6.30. The number of rotatable bonds is 5. The Kier molecular flexibility index (Phi) is 6.03. The van der Waals surface area contributed by atoms with Crippen molar-refractivity contribution in [1.29, 1.82) is 0 Å². The molecule has 1 fully saturated rings. The van der Waals surface area contributed by atoms with Gasteiger partial charge in [-0.05, 0) is 30.3 Å². The quantitative estimate of drug-likeness (QED) is 0.313. The van der Waals surface area contributed by atoms with Crippen molar-refractivity contribution in [2.45, 2.75) is 6.61 Å². The number of hydrogen-bond acceptors (Lipinski definition) is 6. The molecule has 1 aromatic heterocycles. The normalized spacial score (nSPS) is 14.8. The van der Waals surface area contributed by atoms with Crippen LogP contribution in [0.2, 0.25) is 5.02 Å². The molecule has 0 bridgehead atoms. The van der Waals surface area contributed by atoms with Gasteiger partial charge in [-0.15, -0.1) is 0 Å². The number of nitrogens with one attached hydrogen (secondary N) is 1. The summed E-state index contributed by atoms with van der Waals surface area (Å²) in [4.78, 5) is 24.5. The number of halogens is 1. The third kappa shape index (κ3) is 4.64. The molecular formula is C22H14ClNO4S2. The lowest BCUT2D eigenvalue weighted by atomic mass is 10.1. The van der Waals surface area contributed by atoms with Crippen molar-refractivity contribution in [3.05, 3.63) is 87.5 Å². The topological polar surface area (TPSA) is 68.5 Å². The van der Waals surface area contributed by atoms with Crippen molar-refractivity contribution in [1.82, 2.24) is 5.32 Å². The third-order valence-electron chi connectivity index (χ3n) is 4.26. The maximum absolute atomic E-state index is 12.3. The minimum Gasteiger partial charge on any atom is -0.457 e. The van der Waals surface area contributed by atoms with E-state index in [1.807, 2.05) is 18.2 Å². The summed E-state index contributed by atoms with van der Waals surface area (Å²) >= 11 is 12.2. The van der Waals surface area contributed by atoms with Crippen LogP contribution in [0, 0.1) is 0 Å². The van der Waals surface area contributed by atoms with Crippen molar-refractivity contribution >= 4 is 57.9 Å². The summed E-state index contributed by atoms with van der Waals surface area (Å²) in [6.07, 6.45) is 1.64. The number of thioether (sulfide) groups is 1. The Morgan fingerprint density at radius 1 is 1.13 bits per heavy atom. The fourth-order valence-corrected chi connectivity index (χ4v) is 3.96. The molecule has 1 saturated heterocycles. The summed E-state index contributed by atoms with van der Waals surface area (Å²) in [5.74, 6) is 0.480. The fourth-order valence-electron chi connectivity index (χ4n) is 2.75. The minimum absolute atomic E-state index is 0.103. The summed E-state index contributed by atoms with van der Waals surface area (Å²) in [6, 6.07) is 17.7. The SMILES string of the molecule is O=C1NC(=S)SC1=Cc1ccc(-c2ccc(C(=O)OCc3ccccc3Cl)cc2)o1. The molecule has 2 heterocycles. The van der Waals surface area contributed by atoms with Gasteiger partial charge in [-0.25, -0.2) is 4.79 Å². The maximum Gasteiger partial charge on any atom is 0.338 e. The number of carbonyl (C=O) groups excluding carboxylic acids is 2. The van der Waals surface area contributed by atoms with Crippen molar-refractivity contribution in [3.8, 4) is 11.3 Å². The van der Waals surface area contributed by atoms with Gasteiger partial charge in [0.1, 0.15) is 22.4 Å². The van der Waals surface area contributed by atoms with E-state index in [1.54, 1.807) is 48.5 Å². The Labute approximate surface area is 187 Å². The van der Waals surface area contributed by atoms with Gasteiger partial charge in [0.25, 0.3) is 5.91 Å². The summed E-state index contributed by atoms with van der Waals surface area (Å²) in [6.45, 7) is 0.103. The lowest BCUT2D eigenvalue weighted by Crippen LogP contribution is -2.17. The highest BCUT2D eigenvalue weighted by molar-refractivity contribution is 8.26. The van der Waals surface area contributed by atoms with Crippen molar-refractivity contribution in [2.75, 3.05) is 0 Å². The first-order valence-corrected chi connectivity index (χ1v) is 10.5. The zero-order valence-corrected chi connectivity index (χ0v) is 17.8. The van der Waals surface area contributed by atoms with Crippen LogP contribution in [-0.4, -0.2) is 16.2 Å². The van der Waals surface area contributed by atoms with Crippen molar-refractivity contribution < 1.29 is 18.7 Å². The molecule has 8 heteroatoms. The number of amides is 1. The second kappa shape index (κ2) is 8.87. The molecule has 0 spiro atoms. The van der Waals surface area contributed by atoms with Gasteiger partial charge in [-0.3, -0.25) is 4.79 Å². The van der Waals surface area contributed by atoms with E-state index in [0.717, 1.165) is 11.1 Å². The standard InChI is InChI=1S/C22H14ClNO4S2/c23-17-4-2-1-3-15(17)12-27-21(26)14-7-5-13(6-8-14)18-10-9-16(28-18)11-19-20(25)24-22(29)30-19/h1-11H,12H2,(H,24,25,29). The number of hydrogen-bond donors (Lipinski definition) is 1. The lowest BCUT2D eigenvalue weighted by Gasteiger charge is -2.07. The molecule has 1 aliphatic heterocycles. The lowest BCUT2D eigenvalue weighted by molar-refractivity contribution is -0.115. The number of ether oxygens (including phenoxy) is 1. The van der Waals surface area contributed by atoms with Crippen molar-refractivity contribution in [3.63, 3.8) is 0 Å². The molecular weight excluding hydrogens is 442 g/mol. The smallest absolute Gasteiger partial charge is 0.338 e. The molecule has 4 rings (SSSR count). The van der Waals surface area contributed by atoms with Crippen LogP contribution < -0.4 is 5.32 Å². The van der Waals surface area contributed by atoms with E-state index in [9.17, 15) is 9.59 Å². The molecule has 30 heavy (non-hydrogen) atoms. The third-order valence-corrected chi connectivity index (χ3v) is 5.80. The highest BCUT2D eigenvalue weighted by Gasteiger charge is 2.22. The number of thiocarbonyl (C=S) groups is 1. The van der Waals surface area contributed by atoms with Crippen LogP contribution in [-0.2, 0) is 16.1 Å². The fraction of sp³-hybridized carbons (Fsp3) is 0.0455. The van der Waals surface area contributed by atoms with Crippen LogP contribution in [0.1, 0.15) is 21.7 Å². The van der Waals surface area contributed by atoms with E-state index in [0.29, 0.717) is 31.3 Å². The van der Waals surface area contributed by atoms with Gasteiger partial charge in [0.2, 0.25) is 0 Å². The first-order valence-electron chi connectivity index (χ1n) is 8.85. The zero-order chi connectivity index (χ0) is 21.1. The predicted octanol–water partition coefficient (Wildman–Crippen LogP) is 5.45. The number of esters is 1. The van der Waals surface area contributed by atoms with Crippen LogP contribution in [0.25, 0.3) is 17.4 Å². The van der Waals surface area contributed by atoms with Gasteiger partial charge in [-0.2, -0.15) is 0 Å².